The highest BCUT2D eigenvalue weighted by atomic mass is 19.1. The molecule has 1 unspecified atom stereocenters. The van der Waals surface area contributed by atoms with Crippen molar-refractivity contribution in [2.24, 2.45) is 0 Å². The Hall–Kier alpha value is -2.48. The van der Waals surface area contributed by atoms with Crippen molar-refractivity contribution in [2.75, 3.05) is 32.1 Å². The number of aryl methyl sites for hydroxylation is 1. The van der Waals surface area contributed by atoms with Crippen LogP contribution in [0.5, 0.6) is 0 Å². The van der Waals surface area contributed by atoms with Gasteiger partial charge in [0.25, 0.3) is 5.91 Å². The van der Waals surface area contributed by atoms with Crippen LogP contribution in [0, 0.1) is 12.7 Å². The van der Waals surface area contributed by atoms with Crippen molar-refractivity contribution in [2.45, 2.75) is 51.3 Å². The van der Waals surface area contributed by atoms with Crippen molar-refractivity contribution < 1.29 is 23.5 Å². The average Bonchev–Trinajstić information content (AvgIpc) is 3.09. The van der Waals surface area contributed by atoms with Gasteiger partial charge in [0.1, 0.15) is 6.29 Å². The Balaban J connectivity index is 1.83. The number of nitrogens with one attached hydrogen (secondary N) is 1. The smallest absolute Gasteiger partial charge is 0.255 e. The number of hydrogen-bond donors (Lipinski definition) is 1. The van der Waals surface area contributed by atoms with Crippen LogP contribution in [-0.4, -0.2) is 62.4 Å². The van der Waals surface area contributed by atoms with E-state index in [1.54, 1.807) is 20.1 Å². The van der Waals surface area contributed by atoms with E-state index in [4.69, 9.17) is 4.74 Å². The third-order valence-corrected chi connectivity index (χ3v) is 5.96. The number of carbonyl (C=O) groups is 3. The molecule has 158 valence electrons. The fourth-order valence-corrected chi connectivity index (χ4v) is 4.21. The van der Waals surface area contributed by atoms with Crippen LogP contribution in [0.3, 0.4) is 0 Å². The van der Waals surface area contributed by atoms with Gasteiger partial charge in [0.2, 0.25) is 5.91 Å². The van der Waals surface area contributed by atoms with Crippen LogP contribution in [0.2, 0.25) is 0 Å². The van der Waals surface area contributed by atoms with Gasteiger partial charge in [0, 0.05) is 39.2 Å². The van der Waals surface area contributed by atoms with Gasteiger partial charge in [0.05, 0.1) is 29.9 Å². The molecule has 1 N–H and O–H groups in total. The molecule has 2 amide bonds. The summed E-state index contributed by atoms with van der Waals surface area (Å²) in [7, 11) is 3.21. The number of carbonyl (C=O) groups excluding carboxylic acids is 3. The van der Waals surface area contributed by atoms with Gasteiger partial charge in [-0.15, -0.1) is 0 Å². The Bertz CT molecular complexity index is 806. The number of benzene rings is 1. The summed E-state index contributed by atoms with van der Waals surface area (Å²) < 4.78 is 20.8. The number of hydrogen-bond acceptors (Lipinski definition) is 5. The second-order valence-corrected chi connectivity index (χ2v) is 7.65. The summed E-state index contributed by atoms with van der Waals surface area (Å²) in [6.45, 7) is 3.22. The number of rotatable bonds is 7. The van der Waals surface area contributed by atoms with Crippen LogP contribution in [0.25, 0.3) is 0 Å². The third kappa shape index (κ3) is 4.12. The Labute approximate surface area is 170 Å². The number of aldehydes is 1. The van der Waals surface area contributed by atoms with E-state index in [0.717, 1.165) is 12.8 Å². The average molecular weight is 405 g/mol. The maximum atomic E-state index is 15.4. The molecule has 0 bridgehead atoms. The van der Waals surface area contributed by atoms with Crippen molar-refractivity contribution in [3.8, 4) is 0 Å². The minimum absolute atomic E-state index is 0.0420. The highest BCUT2D eigenvalue weighted by Crippen LogP contribution is 2.36. The van der Waals surface area contributed by atoms with Gasteiger partial charge in [-0.3, -0.25) is 9.59 Å². The normalized spacial score (nSPS) is 18.0. The summed E-state index contributed by atoms with van der Waals surface area (Å²) in [6.07, 6.45) is 2.84. The predicted octanol–water partition coefficient (Wildman–Crippen LogP) is 1.80. The van der Waals surface area contributed by atoms with Gasteiger partial charge in [-0.2, -0.15) is 0 Å². The summed E-state index contributed by atoms with van der Waals surface area (Å²) in [4.78, 5) is 39.4. The summed E-state index contributed by atoms with van der Waals surface area (Å²) in [5.74, 6) is -0.951. The second kappa shape index (κ2) is 8.90. The first-order chi connectivity index (χ1) is 13.9. The zero-order valence-electron chi connectivity index (χ0n) is 17.2. The fraction of sp³-hybridized carbons (Fsp3) is 0.571. The first kappa shape index (κ1) is 21.2. The fourth-order valence-electron chi connectivity index (χ4n) is 4.21. The van der Waals surface area contributed by atoms with Crippen LogP contribution < -0.4 is 10.2 Å². The highest BCUT2D eigenvalue weighted by Gasteiger charge is 2.37. The molecular formula is C21H28FN3O4. The minimum atomic E-state index is -0.758. The quantitative estimate of drug-likeness (QED) is 0.700. The summed E-state index contributed by atoms with van der Waals surface area (Å²) in [6, 6.07) is 0.968. The molecule has 3 rings (SSSR count). The van der Waals surface area contributed by atoms with Crippen LogP contribution >= 0.6 is 0 Å². The lowest BCUT2D eigenvalue weighted by Gasteiger charge is -2.33. The molecule has 0 aliphatic carbocycles. The lowest BCUT2D eigenvalue weighted by molar-refractivity contribution is -0.121. The Morgan fingerprint density at radius 3 is 2.69 bits per heavy atom. The highest BCUT2D eigenvalue weighted by molar-refractivity contribution is 6.01. The van der Waals surface area contributed by atoms with E-state index in [-0.39, 0.29) is 37.3 Å². The van der Waals surface area contributed by atoms with Gasteiger partial charge >= 0.3 is 0 Å². The maximum Gasteiger partial charge on any atom is 0.255 e. The number of halogens is 1. The molecule has 1 aromatic rings. The van der Waals surface area contributed by atoms with Gasteiger partial charge < -0.3 is 24.6 Å². The van der Waals surface area contributed by atoms with Gasteiger partial charge in [-0.25, -0.2) is 4.39 Å². The number of ether oxygens (including phenoxy) is 1. The number of anilines is 1. The largest absolute Gasteiger partial charge is 0.381 e. The van der Waals surface area contributed by atoms with Crippen molar-refractivity contribution in [1.29, 1.82) is 0 Å². The van der Waals surface area contributed by atoms with Crippen molar-refractivity contribution in [1.82, 2.24) is 10.2 Å². The topological polar surface area (TPSA) is 79.0 Å². The van der Waals surface area contributed by atoms with E-state index < -0.39 is 11.9 Å². The first-order valence-corrected chi connectivity index (χ1v) is 9.97. The van der Waals surface area contributed by atoms with E-state index in [2.05, 4.69) is 5.32 Å². The molecule has 1 aromatic carbocycles. The molecule has 0 spiro atoms. The molecule has 2 aliphatic heterocycles. The molecule has 7 nitrogen and oxygen atoms in total. The summed E-state index contributed by atoms with van der Waals surface area (Å²) in [5, 5.41) is 2.50. The molecule has 2 aliphatic rings. The number of piperidine rings is 1. The molecule has 1 atom stereocenters. The zero-order valence-corrected chi connectivity index (χ0v) is 17.2. The standard InChI is InChI=1S/C21H28FN3O4/c1-13-10-17(24-8-6-15(29-3)7-9-24)20(22)16-11-25(21(28)19(13)16)14(12-26)4-5-18(27)23-2/h10,12,14-15H,4-9,11H2,1-3H3,(H,23,27). The van der Waals surface area contributed by atoms with E-state index in [0.29, 0.717) is 41.8 Å². The Kier molecular flexibility index (Phi) is 6.52. The lowest BCUT2D eigenvalue weighted by Crippen LogP contribution is -2.37. The third-order valence-electron chi connectivity index (χ3n) is 5.96. The Morgan fingerprint density at radius 1 is 1.41 bits per heavy atom. The van der Waals surface area contributed by atoms with Crippen molar-refractivity contribution in [3.05, 3.63) is 28.6 Å². The van der Waals surface area contributed by atoms with Crippen LogP contribution in [0.15, 0.2) is 6.07 Å². The molecule has 0 saturated carbocycles. The molecule has 1 saturated heterocycles. The Morgan fingerprint density at radius 2 is 2.10 bits per heavy atom. The van der Waals surface area contributed by atoms with Crippen LogP contribution in [0.1, 0.15) is 47.2 Å². The SMILES string of the molecule is CNC(=O)CCC(C=O)N1Cc2c(F)c(N3CCC(OC)CC3)cc(C)c2C1=O. The van der Waals surface area contributed by atoms with Crippen molar-refractivity contribution >= 4 is 23.8 Å². The van der Waals surface area contributed by atoms with E-state index in [9.17, 15) is 14.4 Å². The number of amides is 2. The number of fused-ring (bicyclic) bond motifs is 1. The monoisotopic (exact) mass is 405 g/mol. The molecule has 0 radical (unpaired) electrons. The molecule has 2 heterocycles. The molecule has 8 heteroatoms. The minimum Gasteiger partial charge on any atom is -0.381 e. The van der Waals surface area contributed by atoms with Gasteiger partial charge in [-0.1, -0.05) is 0 Å². The van der Waals surface area contributed by atoms with Crippen LogP contribution in [-0.2, 0) is 20.9 Å². The summed E-state index contributed by atoms with van der Waals surface area (Å²) >= 11 is 0. The predicted molar refractivity (Wildman–Crippen MR) is 106 cm³/mol. The summed E-state index contributed by atoms with van der Waals surface area (Å²) in [5.41, 5.74) is 1.88. The van der Waals surface area contributed by atoms with E-state index >= 15 is 4.39 Å². The van der Waals surface area contributed by atoms with Gasteiger partial charge in [0.15, 0.2) is 5.82 Å². The van der Waals surface area contributed by atoms with Crippen LogP contribution in [0.4, 0.5) is 10.1 Å². The zero-order chi connectivity index (χ0) is 21.1. The molecule has 0 aromatic heterocycles. The van der Waals surface area contributed by atoms with Gasteiger partial charge in [-0.05, 0) is 37.8 Å². The second-order valence-electron chi connectivity index (χ2n) is 7.65. The lowest BCUT2D eigenvalue weighted by atomic mass is 10.00. The number of nitrogens with zero attached hydrogens (tertiary/aromatic N) is 2. The van der Waals surface area contributed by atoms with Crippen molar-refractivity contribution in [3.63, 3.8) is 0 Å². The molecule has 29 heavy (non-hydrogen) atoms. The number of methoxy groups -OCH3 is 1. The van der Waals surface area contributed by atoms with E-state index in [1.165, 1.54) is 11.9 Å². The molecule has 1 fully saturated rings. The first-order valence-electron chi connectivity index (χ1n) is 9.97. The van der Waals surface area contributed by atoms with E-state index in [1.807, 2.05) is 4.90 Å². The maximum absolute atomic E-state index is 15.4. The molecular weight excluding hydrogens is 377 g/mol.